The molecule has 5 nitrogen and oxygen atoms in total. The van der Waals surface area contributed by atoms with E-state index in [4.69, 9.17) is 0 Å². The number of carbonyl (C=O) groups excluding carboxylic acids is 1. The smallest absolute Gasteiger partial charge is 0.324 e. The fourth-order valence-corrected chi connectivity index (χ4v) is 3.21. The van der Waals surface area contributed by atoms with Gasteiger partial charge in [-0.15, -0.1) is 0 Å². The Bertz CT molecular complexity index is 631. The molecule has 0 radical (unpaired) electrons. The number of hydrogen-bond acceptors (Lipinski definition) is 3. The maximum Gasteiger partial charge on any atom is 0.331 e. The summed E-state index contributed by atoms with van der Waals surface area (Å²) < 4.78 is 26.7. The first-order chi connectivity index (χ1) is 10.5. The summed E-state index contributed by atoms with van der Waals surface area (Å²) in [6.07, 6.45) is 5.57. The van der Waals surface area contributed by atoms with Gasteiger partial charge in [0.1, 0.15) is 0 Å². The Balaban J connectivity index is 2.06. The average molecular weight is 322 g/mol. The molecule has 0 spiro atoms. The monoisotopic (exact) mass is 322 g/mol. The number of amides is 2. The van der Waals surface area contributed by atoms with Crippen molar-refractivity contribution < 1.29 is 13.2 Å². The van der Waals surface area contributed by atoms with E-state index in [1.807, 2.05) is 30.3 Å². The lowest BCUT2D eigenvalue weighted by Gasteiger charge is -2.20. The Morgan fingerprint density at radius 2 is 1.68 bits per heavy atom. The second-order valence-electron chi connectivity index (χ2n) is 5.48. The number of likely N-dealkylation sites (tertiary alicyclic amines) is 1. The van der Waals surface area contributed by atoms with Crippen molar-refractivity contribution in [1.82, 2.24) is 9.62 Å². The van der Waals surface area contributed by atoms with Crippen molar-refractivity contribution in [3.05, 3.63) is 40.8 Å². The summed E-state index contributed by atoms with van der Waals surface area (Å²) in [5.41, 5.74) is 0.785. The van der Waals surface area contributed by atoms with Crippen molar-refractivity contribution in [2.75, 3.05) is 13.1 Å². The lowest BCUT2D eigenvalue weighted by Crippen LogP contribution is -2.43. The third-order valence-electron chi connectivity index (χ3n) is 3.71. The average Bonchev–Trinajstić information content (AvgIpc) is 2.77. The fraction of sp³-hybridized carbons (Fsp3) is 0.438. The molecule has 0 aliphatic carbocycles. The van der Waals surface area contributed by atoms with E-state index >= 15 is 0 Å². The van der Waals surface area contributed by atoms with Crippen molar-refractivity contribution in [3.8, 4) is 0 Å². The van der Waals surface area contributed by atoms with Crippen molar-refractivity contribution in [3.63, 3.8) is 0 Å². The molecule has 6 heteroatoms. The number of benzene rings is 1. The van der Waals surface area contributed by atoms with Gasteiger partial charge in [0.2, 0.25) is 0 Å². The van der Waals surface area contributed by atoms with E-state index in [-0.39, 0.29) is 4.91 Å². The first-order valence-corrected chi connectivity index (χ1v) is 9.02. The number of urea groups is 1. The summed E-state index contributed by atoms with van der Waals surface area (Å²) in [7, 11) is -3.80. The van der Waals surface area contributed by atoms with E-state index in [0.29, 0.717) is 13.1 Å². The molecule has 0 saturated carbocycles. The second-order valence-corrected chi connectivity index (χ2v) is 7.33. The van der Waals surface area contributed by atoms with Gasteiger partial charge >= 0.3 is 6.03 Å². The van der Waals surface area contributed by atoms with Crippen molar-refractivity contribution in [2.45, 2.75) is 32.6 Å². The zero-order valence-electron chi connectivity index (χ0n) is 12.8. The lowest BCUT2D eigenvalue weighted by molar-refractivity contribution is 0.206. The Hall–Kier alpha value is -1.82. The van der Waals surface area contributed by atoms with E-state index in [9.17, 15) is 13.2 Å². The van der Waals surface area contributed by atoms with Crippen LogP contribution >= 0.6 is 0 Å². The molecule has 1 saturated heterocycles. The molecule has 1 aromatic carbocycles. The predicted molar refractivity (Wildman–Crippen MR) is 87.6 cm³/mol. The van der Waals surface area contributed by atoms with E-state index < -0.39 is 16.1 Å². The molecular weight excluding hydrogens is 300 g/mol. The fourth-order valence-electron chi connectivity index (χ4n) is 2.40. The molecule has 1 heterocycles. The quantitative estimate of drug-likeness (QED) is 0.930. The Kier molecular flexibility index (Phi) is 5.60. The van der Waals surface area contributed by atoms with Crippen LogP contribution in [0.15, 0.2) is 35.2 Å². The first kappa shape index (κ1) is 16.5. The van der Waals surface area contributed by atoms with Crippen LogP contribution in [0.25, 0.3) is 6.08 Å². The predicted octanol–water partition coefficient (Wildman–Crippen LogP) is 2.96. The number of carbonyl (C=O) groups is 1. The van der Waals surface area contributed by atoms with Crippen molar-refractivity contribution in [2.24, 2.45) is 0 Å². The minimum atomic E-state index is -3.80. The van der Waals surface area contributed by atoms with Crippen LogP contribution in [-0.4, -0.2) is 32.4 Å². The van der Waals surface area contributed by atoms with E-state index in [1.165, 1.54) is 6.92 Å². The van der Waals surface area contributed by atoms with Crippen LogP contribution in [0.2, 0.25) is 0 Å². The highest BCUT2D eigenvalue weighted by Crippen LogP contribution is 2.13. The molecule has 2 rings (SSSR count). The molecule has 1 fully saturated rings. The summed E-state index contributed by atoms with van der Waals surface area (Å²) in [4.78, 5) is 13.8. The number of sulfonamides is 1. The van der Waals surface area contributed by atoms with Crippen molar-refractivity contribution >= 4 is 22.1 Å². The van der Waals surface area contributed by atoms with Crippen LogP contribution in [0.4, 0.5) is 4.79 Å². The van der Waals surface area contributed by atoms with Crippen LogP contribution in [0, 0.1) is 0 Å². The van der Waals surface area contributed by atoms with Crippen LogP contribution in [-0.2, 0) is 10.0 Å². The standard InChI is InChI=1S/C16H22N2O3S/c1-14(13-15-9-5-4-6-10-15)22(20,21)17-16(19)18-11-7-2-3-8-12-18/h4-6,9-10,13H,2-3,7-8,11-12H2,1H3,(H,17,19)/b14-13+. The SMILES string of the molecule is C/C(=C\c1ccccc1)S(=O)(=O)NC(=O)N1CCCCCC1. The number of nitrogens with one attached hydrogen (secondary N) is 1. The van der Waals surface area contributed by atoms with Gasteiger partial charge in [0.05, 0.1) is 4.91 Å². The summed E-state index contributed by atoms with van der Waals surface area (Å²) in [5.74, 6) is 0. The molecule has 0 aromatic heterocycles. The summed E-state index contributed by atoms with van der Waals surface area (Å²) >= 11 is 0. The van der Waals surface area contributed by atoms with Gasteiger partial charge in [-0.25, -0.2) is 17.9 Å². The molecule has 2 amide bonds. The highest BCUT2D eigenvalue weighted by molar-refractivity contribution is 7.94. The molecule has 120 valence electrons. The van der Waals surface area contributed by atoms with Gasteiger partial charge in [-0.1, -0.05) is 43.2 Å². The lowest BCUT2D eigenvalue weighted by atomic mass is 10.2. The van der Waals surface area contributed by atoms with E-state index in [2.05, 4.69) is 4.72 Å². The highest BCUT2D eigenvalue weighted by atomic mass is 32.2. The van der Waals surface area contributed by atoms with Crippen LogP contribution < -0.4 is 4.72 Å². The molecule has 1 N–H and O–H groups in total. The second kappa shape index (κ2) is 7.45. The number of nitrogens with zero attached hydrogens (tertiary/aromatic N) is 1. The molecule has 0 atom stereocenters. The summed E-state index contributed by atoms with van der Waals surface area (Å²) in [6.45, 7) is 2.72. The number of rotatable bonds is 3. The number of hydrogen-bond donors (Lipinski definition) is 1. The van der Waals surface area contributed by atoms with E-state index in [1.54, 1.807) is 11.0 Å². The Labute approximate surface area is 132 Å². The maximum absolute atomic E-state index is 12.2. The third-order valence-corrected chi connectivity index (χ3v) is 5.12. The van der Waals surface area contributed by atoms with Gasteiger partial charge in [0, 0.05) is 13.1 Å². The van der Waals surface area contributed by atoms with Crippen LogP contribution in [0.3, 0.4) is 0 Å². The first-order valence-electron chi connectivity index (χ1n) is 7.54. The summed E-state index contributed by atoms with van der Waals surface area (Å²) in [6, 6.07) is 8.64. The minimum Gasteiger partial charge on any atom is -0.324 e. The molecule has 22 heavy (non-hydrogen) atoms. The molecule has 1 aliphatic heterocycles. The Morgan fingerprint density at radius 3 is 2.27 bits per heavy atom. The summed E-state index contributed by atoms with van der Waals surface area (Å²) in [5, 5.41) is 0. The maximum atomic E-state index is 12.2. The molecule has 0 bridgehead atoms. The van der Waals surface area contributed by atoms with Crippen LogP contribution in [0.5, 0.6) is 0 Å². The van der Waals surface area contributed by atoms with Crippen LogP contribution in [0.1, 0.15) is 38.2 Å². The van der Waals surface area contributed by atoms with Gasteiger partial charge in [0.15, 0.2) is 0 Å². The van der Waals surface area contributed by atoms with Gasteiger partial charge in [-0.3, -0.25) is 0 Å². The zero-order chi connectivity index (χ0) is 16.0. The topological polar surface area (TPSA) is 66.5 Å². The molecule has 1 aromatic rings. The third kappa shape index (κ3) is 4.59. The highest BCUT2D eigenvalue weighted by Gasteiger charge is 2.22. The van der Waals surface area contributed by atoms with Gasteiger partial charge in [0.25, 0.3) is 10.0 Å². The molecular formula is C16H22N2O3S. The Morgan fingerprint density at radius 1 is 1.09 bits per heavy atom. The normalized spacial score (nSPS) is 17.0. The minimum absolute atomic E-state index is 0.127. The van der Waals surface area contributed by atoms with E-state index in [0.717, 1.165) is 31.2 Å². The zero-order valence-corrected chi connectivity index (χ0v) is 13.6. The number of allylic oxidation sites excluding steroid dienone is 1. The molecule has 0 unspecified atom stereocenters. The van der Waals surface area contributed by atoms with Crippen molar-refractivity contribution in [1.29, 1.82) is 0 Å². The van der Waals surface area contributed by atoms with Gasteiger partial charge in [-0.2, -0.15) is 0 Å². The van der Waals surface area contributed by atoms with Gasteiger partial charge in [-0.05, 0) is 31.4 Å². The van der Waals surface area contributed by atoms with Gasteiger partial charge < -0.3 is 4.90 Å². The largest absolute Gasteiger partial charge is 0.331 e. The molecule has 1 aliphatic rings.